The summed E-state index contributed by atoms with van der Waals surface area (Å²) in [6.07, 6.45) is 18.2. The summed E-state index contributed by atoms with van der Waals surface area (Å²) in [5.41, 5.74) is 7.57. The summed E-state index contributed by atoms with van der Waals surface area (Å²) in [4.78, 5) is 58.7. The van der Waals surface area contributed by atoms with Crippen LogP contribution in [0.4, 0.5) is 11.6 Å². The average molecular weight is 1780 g/mol. The molecular formula is C68H76B2Br5N21O11. The van der Waals surface area contributed by atoms with Gasteiger partial charge in [0.15, 0.2) is 35.2 Å². The van der Waals surface area contributed by atoms with Crippen LogP contribution in [0.3, 0.4) is 0 Å². The highest BCUT2D eigenvalue weighted by atomic mass is 79.9. The van der Waals surface area contributed by atoms with Crippen LogP contribution in [0.25, 0.3) is 60.5 Å². The van der Waals surface area contributed by atoms with Crippen LogP contribution in [0.15, 0.2) is 121 Å². The van der Waals surface area contributed by atoms with Gasteiger partial charge in [-0.05, 0) is 191 Å². The van der Waals surface area contributed by atoms with E-state index >= 15 is 0 Å². The van der Waals surface area contributed by atoms with Crippen molar-refractivity contribution in [3.8, 4) is 33.9 Å². The number of imidazole rings is 6. The molecule has 4 aliphatic rings. The number of nitrogens with one attached hydrogen (secondary N) is 4. The Kier molecular flexibility index (Phi) is 25.4. The first kappa shape index (κ1) is 80.1. The number of aromatic amines is 4. The number of methoxy groups -OCH3 is 6. The van der Waals surface area contributed by atoms with Crippen molar-refractivity contribution in [2.75, 3.05) is 42.7 Å². The quantitative estimate of drug-likeness (QED) is 0.0285. The Hall–Kier alpha value is -7.96. The Morgan fingerprint density at radius 3 is 1.50 bits per heavy atom. The molecule has 39 heteroatoms. The Bertz CT molecular complexity index is 5070. The summed E-state index contributed by atoms with van der Waals surface area (Å²) in [6.45, 7) is 30.6. The number of aldehydes is 1. The Labute approximate surface area is 658 Å². The van der Waals surface area contributed by atoms with E-state index in [1.807, 2.05) is 117 Å². The van der Waals surface area contributed by atoms with Gasteiger partial charge >= 0.3 is 14.2 Å². The fraction of sp³-hybridized carbons (Fsp3) is 0.397. The number of hydrogen-bond acceptors (Lipinski definition) is 21. The molecule has 0 spiro atoms. The fourth-order valence-electron chi connectivity index (χ4n) is 10.7. The van der Waals surface area contributed by atoms with Crippen molar-refractivity contribution in [3.63, 3.8) is 0 Å². The number of fused-ring (bicyclic) bond motifs is 3. The van der Waals surface area contributed by atoms with Crippen LogP contribution < -0.4 is 11.1 Å². The fourth-order valence-corrected chi connectivity index (χ4v) is 12.4. The van der Waals surface area contributed by atoms with Gasteiger partial charge in [-0.25, -0.2) is 48.2 Å². The monoisotopic (exact) mass is 1780 g/mol. The van der Waals surface area contributed by atoms with Crippen LogP contribution in [-0.2, 0) is 47.0 Å². The highest BCUT2D eigenvalue weighted by molar-refractivity contribution is 9.13. The molecule has 0 atom stereocenters. The van der Waals surface area contributed by atoms with Crippen molar-refractivity contribution in [1.29, 1.82) is 0 Å². The maximum absolute atomic E-state index is 10.0. The molecule has 0 radical (unpaired) electrons. The van der Waals surface area contributed by atoms with Crippen molar-refractivity contribution >= 4 is 140 Å². The van der Waals surface area contributed by atoms with Gasteiger partial charge in [-0.15, -0.1) is 0 Å². The van der Waals surface area contributed by atoms with E-state index in [0.29, 0.717) is 83.1 Å². The zero-order chi connectivity index (χ0) is 76.9. The molecule has 16 rings (SSSR count). The predicted molar refractivity (Wildman–Crippen MR) is 414 cm³/mol. The molecule has 107 heavy (non-hydrogen) atoms. The summed E-state index contributed by atoms with van der Waals surface area (Å²) in [5.74, 6) is 3.02. The lowest BCUT2D eigenvalue weighted by atomic mass is 9.80. The van der Waals surface area contributed by atoms with Crippen LogP contribution in [0.1, 0.15) is 140 Å². The smallest absolute Gasteiger partial charge is 0.399 e. The molecule has 0 unspecified atom stereocenters. The van der Waals surface area contributed by atoms with Gasteiger partial charge in [0.05, 0.1) is 76.3 Å². The number of carbonyl (C=O) groups excluding carboxylic acids is 1. The molecule has 4 N–H and O–H groups in total. The summed E-state index contributed by atoms with van der Waals surface area (Å²) in [6, 6.07) is 16.5. The van der Waals surface area contributed by atoms with E-state index in [1.54, 1.807) is 68.4 Å². The van der Waals surface area contributed by atoms with E-state index in [2.05, 4.69) is 177 Å². The highest BCUT2D eigenvalue weighted by Crippen LogP contribution is 2.41. The number of halogens is 5. The summed E-state index contributed by atoms with van der Waals surface area (Å²) >= 11 is 16.2. The average Bonchev–Trinajstić information content (AvgIpc) is 1.63. The molecule has 0 amide bonds. The number of pyridine rings is 3. The molecule has 2 saturated carbocycles. The zero-order valence-electron chi connectivity index (χ0n) is 60.7. The number of hydrogen-bond donors (Lipinski definition) is 4. The molecule has 2 saturated heterocycles. The lowest BCUT2D eigenvalue weighted by molar-refractivity contribution is -0.111. The summed E-state index contributed by atoms with van der Waals surface area (Å²) in [5, 5.41) is 13.5. The maximum atomic E-state index is 10.0. The molecule has 560 valence electrons. The van der Waals surface area contributed by atoms with Crippen molar-refractivity contribution in [3.05, 3.63) is 167 Å². The number of ether oxygens (including phenoxy) is 6. The van der Waals surface area contributed by atoms with Gasteiger partial charge in [-0.3, -0.25) is 14.2 Å². The van der Waals surface area contributed by atoms with Gasteiger partial charge in [-0.2, -0.15) is 15.3 Å². The van der Waals surface area contributed by atoms with Crippen LogP contribution >= 0.6 is 79.6 Å². The number of nitrogens with zero attached hydrogens (tertiary/aromatic N) is 17. The topological polar surface area (TPSA) is 333 Å². The van der Waals surface area contributed by atoms with Crippen molar-refractivity contribution in [2.24, 2.45) is 0 Å². The first-order valence-corrected chi connectivity index (χ1v) is 37.2. The van der Waals surface area contributed by atoms with Crippen molar-refractivity contribution in [2.45, 2.75) is 134 Å². The van der Waals surface area contributed by atoms with Crippen LogP contribution in [0.5, 0.6) is 0 Å². The van der Waals surface area contributed by atoms with Crippen LogP contribution in [0.2, 0.25) is 0 Å². The van der Waals surface area contributed by atoms with E-state index in [1.165, 1.54) is 32.0 Å². The lowest BCUT2D eigenvalue weighted by Gasteiger charge is -2.32. The highest BCUT2D eigenvalue weighted by Gasteiger charge is 2.54. The molecular weight excluding hydrogens is 1710 g/mol. The summed E-state index contributed by atoms with van der Waals surface area (Å²) in [7, 11) is 8.61. The third-order valence-corrected chi connectivity index (χ3v) is 22.1. The molecule has 12 aromatic heterocycles. The number of rotatable bonds is 17. The van der Waals surface area contributed by atoms with Gasteiger partial charge in [-0.1, -0.05) is 19.2 Å². The van der Waals surface area contributed by atoms with Crippen molar-refractivity contribution in [1.82, 2.24) is 92.8 Å². The van der Waals surface area contributed by atoms with Gasteiger partial charge in [0.2, 0.25) is 30.2 Å². The second kappa shape index (κ2) is 33.9. The number of aromatic nitrogens is 19. The van der Waals surface area contributed by atoms with E-state index in [0.717, 1.165) is 55.2 Å². The SMILES string of the molecule is CC1(C)OB(c2ccn(C3CC3)n2)OC1(C)C.COC(OC)c1nc(-c2ccc3ncnn3c2)c(-c2ccn(C3CC3)n2)[nH]1.COC(OC)c1nc(Br)c(Br)[nH]1.O=Cc1nc(Br)c(Br)[nH]1.[C-]#[N+]c1cnc2ccc(-c3nc(C(OC)OC)[nH]c3Br)cn12.[C-]#[N+]c1cnc2ccc(B3OC(C)(C)C(C)(C)O3)cn12. The summed E-state index contributed by atoms with van der Waals surface area (Å²) < 4.78 is 67.8. The molecule has 2 aliphatic carbocycles. The zero-order valence-corrected chi connectivity index (χ0v) is 68.6. The largest absolute Gasteiger partial charge is 0.516 e. The molecule has 14 heterocycles. The molecule has 32 nitrogen and oxygen atoms in total. The minimum atomic E-state index is -0.585. The standard InChI is InChI=1S/C18H19N7O2.C14H16BN3O2.C14H12BrN5O2.C12H19BN2O2.C6H8Br2N2O2.C4H2Br2N2O/c1-26-18(27-2)17-21-15(11-3-6-14-19-10-20-25(14)9-11)16(22-17)13-7-8-24(23-13)12-4-5-12;1-13(2)14(3,4)20-15(19-13)10-6-7-11-17-8-12(16-5)18(11)9-10;1-16-10-6-17-9-5-4-8(7-20(9)10)11-12(15)19-13(18-11)14(21-2)22-3;1-11(2)12(3,4)17-13(16-11)10-7-8-15(14-10)9-5-6-9;1-11-6(12-2)5-9-3(7)4(8)10-5;5-3-4(6)8-2(1-9)7-3/h3,6-10,12,18H,4-5H2,1-2H3,(H,21,22);6-9H,1-4H3;4-7,14H,2-3H3,(H,18,19);7-9H,5-6H2,1-4H3;6H,1-2H3,(H,9,10);1H,(H,7,8). The first-order chi connectivity index (χ1) is 51.1. The Morgan fingerprint density at radius 1 is 0.533 bits per heavy atom. The number of carbonyl (C=O) groups is 1. The molecule has 12 aromatic rings. The minimum absolute atomic E-state index is 0.291. The van der Waals surface area contributed by atoms with Crippen LogP contribution in [0, 0.1) is 13.1 Å². The van der Waals surface area contributed by atoms with Crippen molar-refractivity contribution < 1.29 is 51.8 Å². The number of H-pyrrole nitrogens is 4. The van der Waals surface area contributed by atoms with E-state index in [9.17, 15) is 4.79 Å². The van der Waals surface area contributed by atoms with E-state index in [4.69, 9.17) is 70.3 Å². The van der Waals surface area contributed by atoms with Gasteiger partial charge in [0.25, 0.3) is 11.6 Å². The maximum Gasteiger partial charge on any atom is 0.516 e. The lowest BCUT2D eigenvalue weighted by Crippen LogP contribution is -2.41. The van der Waals surface area contributed by atoms with E-state index < -0.39 is 26.0 Å². The Balaban J connectivity index is 0.000000132. The van der Waals surface area contributed by atoms with Crippen LogP contribution in [-0.4, -0.2) is 178 Å². The van der Waals surface area contributed by atoms with Gasteiger partial charge in [0, 0.05) is 90.0 Å². The second-order valence-corrected chi connectivity index (χ2v) is 30.3. The second-order valence-electron chi connectivity index (χ2n) is 26.4. The molecule has 2 aliphatic heterocycles. The third kappa shape index (κ3) is 18.2. The molecule has 0 bridgehead atoms. The van der Waals surface area contributed by atoms with Gasteiger partial charge in [0.1, 0.15) is 40.7 Å². The molecule has 4 fully saturated rings. The third-order valence-electron chi connectivity index (χ3n) is 18.1. The normalized spacial score (nSPS) is 16.0. The van der Waals surface area contributed by atoms with E-state index in [-0.39, 0.29) is 29.5 Å². The van der Waals surface area contributed by atoms with Gasteiger partial charge < -0.3 is 76.7 Å². The predicted octanol–water partition coefficient (Wildman–Crippen LogP) is 13.6. The minimum Gasteiger partial charge on any atom is -0.399 e. The molecule has 0 aromatic carbocycles. The first-order valence-electron chi connectivity index (χ1n) is 33.2. The Morgan fingerprint density at radius 2 is 1.00 bits per heavy atom.